The Kier molecular flexibility index (Phi) is 11.1. The van der Waals surface area contributed by atoms with Crippen molar-refractivity contribution in [3.05, 3.63) is 39.3 Å². The van der Waals surface area contributed by atoms with Crippen LogP contribution in [0.2, 0.25) is 0 Å². The molecule has 0 bridgehead atoms. The molecule has 1 radical (unpaired) electrons. The lowest BCUT2D eigenvalue weighted by molar-refractivity contribution is -0.0490. The minimum Gasteiger partial charge on any atom is -0.449 e. The van der Waals surface area contributed by atoms with Gasteiger partial charge in [-0.1, -0.05) is 0 Å². The molecule has 6 aliphatic heterocycles. The van der Waals surface area contributed by atoms with Crippen LogP contribution in [0.15, 0.2) is 39.2 Å². The van der Waals surface area contributed by atoms with E-state index in [0.29, 0.717) is 28.2 Å². The van der Waals surface area contributed by atoms with Crippen molar-refractivity contribution < 1.29 is 33.3 Å². The molecule has 18 heteroatoms. The zero-order chi connectivity index (χ0) is 46.9. The number of thioether (sulfide) groups is 8. The number of rotatable bonds is 6. The number of ether oxygens (including phenoxy) is 4. The van der Waals surface area contributed by atoms with Crippen molar-refractivity contribution in [1.82, 2.24) is 14.7 Å². The van der Waals surface area contributed by atoms with Crippen LogP contribution in [0, 0.1) is 5.92 Å². The summed E-state index contributed by atoms with van der Waals surface area (Å²) in [5.41, 5.74) is 4.20. The molecule has 6 aliphatic rings. The third-order valence-electron chi connectivity index (χ3n) is 10.7. The van der Waals surface area contributed by atoms with E-state index in [2.05, 4.69) is 55.4 Å². The molecule has 0 N–H and O–H groups in total. The summed E-state index contributed by atoms with van der Waals surface area (Å²) >= 11 is 13.9. The molecular formula is C46H54N3O7S8. The van der Waals surface area contributed by atoms with E-state index in [1.807, 2.05) is 55.9 Å². The summed E-state index contributed by atoms with van der Waals surface area (Å²) in [6.07, 6.45) is 0. The highest BCUT2D eigenvalue weighted by molar-refractivity contribution is 8.22. The Morgan fingerprint density at radius 3 is 0.766 bits per heavy atom. The largest absolute Gasteiger partial charge is 0.449 e. The predicted octanol–water partition coefficient (Wildman–Crippen LogP) is 12.6. The summed E-state index contributed by atoms with van der Waals surface area (Å²) < 4.78 is 26.2. The van der Waals surface area contributed by atoms with Crippen LogP contribution in [0.3, 0.4) is 0 Å². The van der Waals surface area contributed by atoms with Gasteiger partial charge < -0.3 is 33.6 Å². The van der Waals surface area contributed by atoms with Crippen LogP contribution >= 0.6 is 94.1 Å². The van der Waals surface area contributed by atoms with Crippen molar-refractivity contribution in [2.24, 2.45) is 0 Å². The number of carbonyl (C=O) groups is 3. The molecule has 0 aliphatic carbocycles. The highest BCUT2D eigenvalue weighted by Gasteiger charge is 2.55. The minimum atomic E-state index is -1.18. The number of nitrogens with zero attached hydrogens (tertiary/aromatic N) is 3. The van der Waals surface area contributed by atoms with Gasteiger partial charge in [0.05, 0.1) is 38.9 Å². The molecule has 3 aromatic carbocycles. The molecule has 3 amide bonds. The summed E-state index contributed by atoms with van der Waals surface area (Å²) in [6, 6.07) is 0. The van der Waals surface area contributed by atoms with E-state index in [9.17, 15) is 14.4 Å². The molecule has 0 unspecified atom stereocenters. The molecule has 0 spiro atoms. The number of carbonyl (C=O) groups excluding carboxylic acids is 3. The fraction of sp³-hybridized carbons (Fsp3) is 0.522. The average Bonchev–Trinajstić information content (AvgIpc) is 3.95. The Hall–Kier alpha value is -1.93. The summed E-state index contributed by atoms with van der Waals surface area (Å²) in [5, 5.41) is 0. The van der Waals surface area contributed by atoms with Gasteiger partial charge in [0, 0.05) is 109 Å². The molecule has 0 fully saturated rings. The quantitative estimate of drug-likeness (QED) is 0.219. The van der Waals surface area contributed by atoms with Crippen molar-refractivity contribution >= 4 is 112 Å². The lowest BCUT2D eigenvalue weighted by Crippen LogP contribution is -2.32. The summed E-state index contributed by atoms with van der Waals surface area (Å²) in [7, 11) is 10.7. The lowest BCUT2D eigenvalue weighted by atomic mass is 9.81. The molecule has 64 heavy (non-hydrogen) atoms. The standard InChI is InChI=1S/C46H54N3O7S8/c1-41(2)53-26-20(27-29(56-42(3,4)54-27)23(28(26)55-41)38(50)47(13)14)19(21-30-34(61-43(5,6)57-30)24(39(51)48(15)16)35-31(21)58-44(7,8)62-35)22-32-36(63-45(9,10)59-32)25(40(52)49(17)18)37-33(22)60-46(11,12)64-37/h1-18H3. The van der Waals surface area contributed by atoms with Gasteiger partial charge in [-0.05, 0) is 66.5 Å². The Morgan fingerprint density at radius 2 is 0.531 bits per heavy atom. The first-order valence-electron chi connectivity index (χ1n) is 20.9. The van der Waals surface area contributed by atoms with E-state index in [4.69, 9.17) is 18.9 Å². The number of benzene rings is 3. The molecule has 3 aromatic rings. The zero-order valence-corrected chi connectivity index (χ0v) is 46.0. The molecule has 6 heterocycles. The van der Waals surface area contributed by atoms with Gasteiger partial charge in [0.25, 0.3) is 17.7 Å². The van der Waals surface area contributed by atoms with Gasteiger partial charge in [-0.25, -0.2) is 0 Å². The van der Waals surface area contributed by atoms with Crippen molar-refractivity contribution in [1.29, 1.82) is 0 Å². The van der Waals surface area contributed by atoms with E-state index in [-0.39, 0.29) is 51.1 Å². The highest BCUT2D eigenvalue weighted by Crippen LogP contribution is 2.73. The van der Waals surface area contributed by atoms with Crippen LogP contribution in [0.5, 0.6) is 23.0 Å². The van der Waals surface area contributed by atoms with Crippen LogP contribution < -0.4 is 18.9 Å². The molecule has 0 saturated heterocycles. The minimum absolute atomic E-state index is 0.0433. The summed E-state index contributed by atoms with van der Waals surface area (Å²) in [5.74, 6) is -0.587. The molecular weight excluding hydrogens is 963 g/mol. The molecule has 0 saturated carbocycles. The van der Waals surface area contributed by atoms with E-state index in [1.165, 1.54) is 4.90 Å². The van der Waals surface area contributed by atoms with Crippen LogP contribution in [0.25, 0.3) is 0 Å². The third-order valence-corrected chi connectivity index (χ3v) is 22.1. The van der Waals surface area contributed by atoms with Crippen LogP contribution in [-0.2, 0) is 0 Å². The smallest absolute Gasteiger partial charge is 0.261 e. The van der Waals surface area contributed by atoms with E-state index in [0.717, 1.165) is 56.2 Å². The first-order chi connectivity index (χ1) is 29.3. The fourth-order valence-corrected chi connectivity index (χ4v) is 20.3. The number of amides is 3. The topological polar surface area (TPSA) is 97.9 Å². The summed E-state index contributed by atoms with van der Waals surface area (Å²) in [4.78, 5) is 56.3. The summed E-state index contributed by atoms with van der Waals surface area (Å²) in [6.45, 7) is 25.1. The molecule has 9 rings (SSSR count). The van der Waals surface area contributed by atoms with Crippen molar-refractivity contribution in [2.75, 3.05) is 42.3 Å². The van der Waals surface area contributed by atoms with Gasteiger partial charge in [-0.3, -0.25) is 14.4 Å². The Morgan fingerprint density at radius 1 is 0.328 bits per heavy atom. The van der Waals surface area contributed by atoms with Gasteiger partial charge >= 0.3 is 0 Å². The van der Waals surface area contributed by atoms with Crippen LogP contribution in [0.1, 0.15) is 131 Å². The number of fused-ring (bicyclic) bond motifs is 6. The van der Waals surface area contributed by atoms with Crippen molar-refractivity contribution in [2.45, 2.75) is 150 Å². The van der Waals surface area contributed by atoms with E-state index < -0.39 is 11.6 Å². The molecule has 0 atom stereocenters. The van der Waals surface area contributed by atoms with Crippen LogP contribution in [-0.4, -0.2) is 103 Å². The Bertz CT molecular complexity index is 2230. The second kappa shape index (κ2) is 15.0. The normalized spacial score (nSPS) is 21.1. The maximum atomic E-state index is 14.6. The highest BCUT2D eigenvalue weighted by atomic mass is 32.2. The number of hydrogen-bond donors (Lipinski definition) is 0. The SMILES string of the molecule is CN(C)C(=O)c1c2c(c([C](c3c4c(c(C(=O)N(C)C)c5c3SC(C)(C)S5)SC(C)(C)S4)c3c4c(c(C(=O)N(C)C)c5c3SC(C)(C)S5)SC(C)(C)S4)c3c1OC(C)(C)O3)OC(C)(C)O2. The Balaban J connectivity index is 1.54. The van der Waals surface area contributed by atoms with Crippen LogP contribution in [0.4, 0.5) is 0 Å². The lowest BCUT2D eigenvalue weighted by Gasteiger charge is -2.30. The predicted molar refractivity (Wildman–Crippen MR) is 268 cm³/mol. The van der Waals surface area contributed by atoms with E-state index in [1.54, 1.807) is 118 Å². The second-order valence-electron chi connectivity index (χ2n) is 19.8. The fourth-order valence-electron chi connectivity index (χ4n) is 8.53. The maximum absolute atomic E-state index is 14.6. The zero-order valence-electron chi connectivity index (χ0n) is 39.5. The monoisotopic (exact) mass is 1020 g/mol. The maximum Gasteiger partial charge on any atom is 0.261 e. The average molecular weight is 1020 g/mol. The Labute approximate surface area is 411 Å². The molecule has 0 aromatic heterocycles. The van der Waals surface area contributed by atoms with Crippen molar-refractivity contribution in [3.8, 4) is 23.0 Å². The van der Waals surface area contributed by atoms with Crippen molar-refractivity contribution in [3.63, 3.8) is 0 Å². The van der Waals surface area contributed by atoms with Gasteiger partial charge in [-0.2, -0.15) is 0 Å². The van der Waals surface area contributed by atoms with Gasteiger partial charge in [-0.15, -0.1) is 94.1 Å². The second-order valence-corrected chi connectivity index (χ2v) is 33.9. The van der Waals surface area contributed by atoms with Gasteiger partial charge in [0.15, 0.2) is 23.0 Å². The van der Waals surface area contributed by atoms with E-state index >= 15 is 0 Å². The first-order valence-corrected chi connectivity index (χ1v) is 27.4. The van der Waals surface area contributed by atoms with Gasteiger partial charge in [0.1, 0.15) is 5.56 Å². The molecule has 10 nitrogen and oxygen atoms in total. The first kappa shape index (κ1) is 47.1. The molecule has 343 valence electrons. The third kappa shape index (κ3) is 7.60. The van der Waals surface area contributed by atoms with Gasteiger partial charge in [0.2, 0.25) is 11.6 Å². The number of hydrogen-bond acceptors (Lipinski definition) is 15.